The Kier molecular flexibility index (Phi) is 4.83. The highest BCUT2D eigenvalue weighted by molar-refractivity contribution is 5.97. The number of benzene rings is 1. The van der Waals surface area contributed by atoms with Crippen LogP contribution in [0.5, 0.6) is 5.75 Å². The molecule has 4 nitrogen and oxygen atoms in total. The van der Waals surface area contributed by atoms with E-state index in [-0.39, 0.29) is 17.4 Å². The van der Waals surface area contributed by atoms with Crippen LogP contribution in [0.4, 0.5) is 8.78 Å². The zero-order valence-corrected chi connectivity index (χ0v) is 11.1. The molecule has 0 saturated heterocycles. The standard InChI is InChI=1S/C13H18F2N2O2/c1-8(16)13(2,3)17-11(18)9-6-4-5-7-10(9)19-12(14)15/h4-8,12H,16H2,1-3H3,(H,17,18). The second kappa shape index (κ2) is 5.97. The van der Waals surface area contributed by atoms with Crippen molar-refractivity contribution in [3.63, 3.8) is 0 Å². The molecule has 0 spiro atoms. The van der Waals surface area contributed by atoms with Crippen LogP contribution in [0.15, 0.2) is 24.3 Å². The Labute approximate surface area is 110 Å². The highest BCUT2D eigenvalue weighted by atomic mass is 19.3. The molecule has 0 aliphatic carbocycles. The number of hydrogen-bond acceptors (Lipinski definition) is 3. The van der Waals surface area contributed by atoms with Crippen LogP contribution >= 0.6 is 0 Å². The largest absolute Gasteiger partial charge is 0.434 e. The number of alkyl halides is 2. The van der Waals surface area contributed by atoms with E-state index in [4.69, 9.17) is 5.73 Å². The molecule has 1 amide bonds. The van der Waals surface area contributed by atoms with Crippen molar-refractivity contribution in [3.8, 4) is 5.75 Å². The SMILES string of the molecule is CC(N)C(C)(C)NC(=O)c1ccccc1OC(F)F. The second-order valence-electron chi connectivity index (χ2n) is 4.84. The van der Waals surface area contributed by atoms with Crippen LogP contribution in [0, 0.1) is 0 Å². The normalized spacial score (nSPS) is 13.2. The van der Waals surface area contributed by atoms with Gasteiger partial charge >= 0.3 is 6.61 Å². The Bertz CT molecular complexity index is 448. The van der Waals surface area contributed by atoms with Gasteiger partial charge in [0.25, 0.3) is 5.91 Å². The molecule has 0 heterocycles. The van der Waals surface area contributed by atoms with Crippen molar-refractivity contribution in [2.75, 3.05) is 0 Å². The minimum atomic E-state index is -2.98. The zero-order valence-electron chi connectivity index (χ0n) is 11.1. The van der Waals surface area contributed by atoms with Gasteiger partial charge in [0.1, 0.15) is 5.75 Å². The van der Waals surface area contributed by atoms with Crippen LogP contribution in [0.3, 0.4) is 0 Å². The van der Waals surface area contributed by atoms with Crippen LogP contribution in [0.1, 0.15) is 31.1 Å². The summed E-state index contributed by atoms with van der Waals surface area (Å²) in [5, 5.41) is 2.70. The van der Waals surface area contributed by atoms with Crippen LogP contribution in [-0.4, -0.2) is 24.1 Å². The van der Waals surface area contributed by atoms with Crippen LogP contribution in [0.2, 0.25) is 0 Å². The molecule has 1 aromatic rings. The summed E-state index contributed by atoms with van der Waals surface area (Å²) in [6, 6.07) is 5.54. The van der Waals surface area contributed by atoms with E-state index in [1.54, 1.807) is 26.8 Å². The number of ether oxygens (including phenoxy) is 1. The van der Waals surface area contributed by atoms with E-state index in [0.717, 1.165) is 0 Å². The summed E-state index contributed by atoms with van der Waals surface area (Å²) in [4.78, 5) is 12.1. The number of rotatable bonds is 5. The molecule has 1 rings (SSSR count). The fourth-order valence-corrected chi connectivity index (χ4v) is 1.33. The fraction of sp³-hybridized carbons (Fsp3) is 0.462. The molecule has 0 aliphatic rings. The summed E-state index contributed by atoms with van der Waals surface area (Å²) in [7, 11) is 0. The van der Waals surface area contributed by atoms with Crippen molar-refractivity contribution in [2.24, 2.45) is 5.73 Å². The molecular weight excluding hydrogens is 254 g/mol. The highest BCUT2D eigenvalue weighted by Crippen LogP contribution is 2.21. The molecule has 0 bridgehead atoms. The van der Waals surface area contributed by atoms with Gasteiger partial charge in [0.15, 0.2) is 0 Å². The molecule has 0 fully saturated rings. The molecular formula is C13H18F2N2O2. The van der Waals surface area contributed by atoms with E-state index in [0.29, 0.717) is 0 Å². The van der Waals surface area contributed by atoms with E-state index in [1.807, 2.05) is 0 Å². The summed E-state index contributed by atoms with van der Waals surface area (Å²) >= 11 is 0. The van der Waals surface area contributed by atoms with Gasteiger partial charge in [-0.1, -0.05) is 12.1 Å². The molecule has 1 atom stereocenters. The Balaban J connectivity index is 2.94. The highest BCUT2D eigenvalue weighted by Gasteiger charge is 2.26. The lowest BCUT2D eigenvalue weighted by molar-refractivity contribution is -0.0501. The number of halogens is 2. The smallest absolute Gasteiger partial charge is 0.387 e. The summed E-state index contributed by atoms with van der Waals surface area (Å²) in [6.07, 6.45) is 0. The second-order valence-corrected chi connectivity index (χ2v) is 4.84. The maximum atomic E-state index is 12.3. The van der Waals surface area contributed by atoms with Crippen molar-refractivity contribution in [1.29, 1.82) is 0 Å². The molecule has 0 aromatic heterocycles. The van der Waals surface area contributed by atoms with Gasteiger partial charge < -0.3 is 15.8 Å². The van der Waals surface area contributed by atoms with Gasteiger partial charge in [0.05, 0.1) is 5.56 Å². The third-order valence-corrected chi connectivity index (χ3v) is 2.92. The lowest BCUT2D eigenvalue weighted by Gasteiger charge is -2.30. The first-order chi connectivity index (χ1) is 8.74. The zero-order chi connectivity index (χ0) is 14.6. The first kappa shape index (κ1) is 15.4. The Morgan fingerprint density at radius 3 is 2.47 bits per heavy atom. The maximum Gasteiger partial charge on any atom is 0.387 e. The molecule has 1 unspecified atom stereocenters. The van der Waals surface area contributed by atoms with Gasteiger partial charge in [0, 0.05) is 11.6 Å². The van der Waals surface area contributed by atoms with Crippen molar-refractivity contribution >= 4 is 5.91 Å². The van der Waals surface area contributed by atoms with E-state index in [9.17, 15) is 13.6 Å². The molecule has 19 heavy (non-hydrogen) atoms. The van der Waals surface area contributed by atoms with E-state index in [2.05, 4.69) is 10.1 Å². The minimum absolute atomic E-state index is 0.0523. The minimum Gasteiger partial charge on any atom is -0.434 e. The van der Waals surface area contributed by atoms with Crippen molar-refractivity contribution in [1.82, 2.24) is 5.32 Å². The monoisotopic (exact) mass is 272 g/mol. The molecule has 6 heteroatoms. The summed E-state index contributed by atoms with van der Waals surface area (Å²) in [6.45, 7) is 2.29. The van der Waals surface area contributed by atoms with E-state index >= 15 is 0 Å². The molecule has 106 valence electrons. The number of carbonyl (C=O) groups excluding carboxylic acids is 1. The summed E-state index contributed by atoms with van der Waals surface area (Å²) < 4.78 is 28.8. The number of carbonyl (C=O) groups is 1. The van der Waals surface area contributed by atoms with Crippen LogP contribution < -0.4 is 15.8 Å². The first-order valence-corrected chi connectivity index (χ1v) is 5.86. The number of nitrogens with one attached hydrogen (secondary N) is 1. The van der Waals surface area contributed by atoms with Gasteiger partial charge in [-0.25, -0.2) is 0 Å². The Morgan fingerprint density at radius 2 is 1.95 bits per heavy atom. The molecule has 0 saturated carbocycles. The molecule has 0 radical (unpaired) electrons. The topological polar surface area (TPSA) is 64.3 Å². The lowest BCUT2D eigenvalue weighted by atomic mass is 9.96. The van der Waals surface area contributed by atoms with Gasteiger partial charge in [-0.3, -0.25) is 4.79 Å². The number of nitrogens with two attached hydrogens (primary N) is 1. The van der Waals surface area contributed by atoms with Crippen LogP contribution in [0.25, 0.3) is 0 Å². The van der Waals surface area contributed by atoms with Gasteiger partial charge in [-0.15, -0.1) is 0 Å². The lowest BCUT2D eigenvalue weighted by Crippen LogP contribution is -2.54. The third-order valence-electron chi connectivity index (χ3n) is 2.92. The Hall–Kier alpha value is -1.69. The fourth-order valence-electron chi connectivity index (χ4n) is 1.33. The van der Waals surface area contributed by atoms with Gasteiger partial charge in [0.2, 0.25) is 0 Å². The molecule has 3 N–H and O–H groups in total. The average Bonchev–Trinajstić information content (AvgIpc) is 2.27. The third kappa shape index (κ3) is 4.17. The average molecular weight is 272 g/mol. The van der Waals surface area contributed by atoms with Crippen molar-refractivity contribution < 1.29 is 18.3 Å². The molecule has 1 aromatic carbocycles. The van der Waals surface area contributed by atoms with Crippen molar-refractivity contribution in [2.45, 2.75) is 39.0 Å². The number of hydrogen-bond donors (Lipinski definition) is 2. The number of para-hydroxylation sites is 1. The van der Waals surface area contributed by atoms with Crippen LogP contribution in [-0.2, 0) is 0 Å². The van der Waals surface area contributed by atoms with Gasteiger partial charge in [-0.2, -0.15) is 8.78 Å². The number of amides is 1. The van der Waals surface area contributed by atoms with E-state index in [1.165, 1.54) is 18.2 Å². The first-order valence-electron chi connectivity index (χ1n) is 5.86. The predicted molar refractivity (Wildman–Crippen MR) is 68.3 cm³/mol. The quantitative estimate of drug-likeness (QED) is 0.863. The predicted octanol–water partition coefficient (Wildman–Crippen LogP) is 2.14. The van der Waals surface area contributed by atoms with Gasteiger partial charge in [-0.05, 0) is 32.9 Å². The Morgan fingerprint density at radius 1 is 1.37 bits per heavy atom. The van der Waals surface area contributed by atoms with Crippen molar-refractivity contribution in [3.05, 3.63) is 29.8 Å². The summed E-state index contributed by atoms with van der Waals surface area (Å²) in [5.41, 5.74) is 5.14. The summed E-state index contributed by atoms with van der Waals surface area (Å²) in [5.74, 6) is -0.658. The maximum absolute atomic E-state index is 12.3. The van der Waals surface area contributed by atoms with E-state index < -0.39 is 18.1 Å². The molecule has 0 aliphatic heterocycles.